The van der Waals surface area contributed by atoms with Crippen LogP contribution in [0.25, 0.3) is 0 Å². The van der Waals surface area contributed by atoms with Gasteiger partial charge in [-0.1, -0.05) is 0 Å². The molecule has 2 N–H and O–H groups in total. The Balaban J connectivity index is 2.45. The molecule has 0 spiro atoms. The predicted molar refractivity (Wildman–Crippen MR) is 55.1 cm³/mol. The van der Waals surface area contributed by atoms with Crippen molar-refractivity contribution in [3.8, 4) is 0 Å². The molecular weight excluding hydrogens is 180 g/mol. The summed E-state index contributed by atoms with van der Waals surface area (Å²) < 4.78 is 0. The normalized spacial score (nSPS) is 22.6. The van der Waals surface area contributed by atoms with Crippen LogP contribution >= 0.6 is 0 Å². The monoisotopic (exact) mass is 200 g/mol. The summed E-state index contributed by atoms with van der Waals surface area (Å²) in [5.74, 6) is 0.199. The van der Waals surface area contributed by atoms with Gasteiger partial charge in [0, 0.05) is 25.6 Å². The third-order valence-electron chi connectivity index (χ3n) is 2.80. The van der Waals surface area contributed by atoms with E-state index in [1.165, 1.54) is 0 Å². The van der Waals surface area contributed by atoms with Crippen LogP contribution in [0.3, 0.4) is 0 Å². The maximum atomic E-state index is 11.5. The minimum absolute atomic E-state index is 0.0146. The first-order valence-corrected chi connectivity index (χ1v) is 5.20. The van der Waals surface area contributed by atoms with Crippen molar-refractivity contribution in [3.63, 3.8) is 0 Å². The molecule has 1 fully saturated rings. The number of likely N-dealkylation sites (tertiary alicyclic amines) is 1. The van der Waals surface area contributed by atoms with Gasteiger partial charge >= 0.3 is 6.03 Å². The van der Waals surface area contributed by atoms with E-state index in [1.807, 2.05) is 6.92 Å². The van der Waals surface area contributed by atoms with Gasteiger partial charge in [0.1, 0.15) is 0 Å². The van der Waals surface area contributed by atoms with Crippen molar-refractivity contribution >= 4 is 6.03 Å². The van der Waals surface area contributed by atoms with E-state index in [1.54, 1.807) is 18.7 Å². The lowest BCUT2D eigenvalue weighted by Crippen LogP contribution is -2.40. The van der Waals surface area contributed by atoms with E-state index in [9.17, 15) is 9.90 Å². The third kappa shape index (κ3) is 2.61. The molecule has 1 rings (SSSR count). The zero-order valence-electron chi connectivity index (χ0n) is 9.21. The third-order valence-corrected chi connectivity index (χ3v) is 2.80. The Labute approximate surface area is 85.3 Å². The van der Waals surface area contributed by atoms with Gasteiger partial charge in [-0.3, -0.25) is 0 Å². The number of aliphatic hydroxyl groups is 1. The Hall–Kier alpha value is -0.770. The summed E-state index contributed by atoms with van der Waals surface area (Å²) in [5.41, 5.74) is -0.679. The number of carbonyl (C=O) groups excluding carboxylic acids is 1. The average molecular weight is 200 g/mol. The molecule has 1 saturated heterocycles. The first-order valence-electron chi connectivity index (χ1n) is 5.20. The van der Waals surface area contributed by atoms with E-state index in [0.717, 1.165) is 13.0 Å². The molecule has 0 aromatic carbocycles. The second-order valence-electron chi connectivity index (χ2n) is 4.42. The molecule has 1 aliphatic rings. The zero-order chi connectivity index (χ0) is 10.8. The maximum Gasteiger partial charge on any atom is 0.317 e. The Bertz CT molecular complexity index is 211. The molecule has 0 aromatic rings. The Morgan fingerprint density at radius 2 is 2.29 bits per heavy atom. The summed E-state index contributed by atoms with van der Waals surface area (Å²) in [6, 6.07) is -0.0146. The molecule has 0 aromatic heterocycles. The van der Waals surface area contributed by atoms with E-state index < -0.39 is 5.60 Å². The summed E-state index contributed by atoms with van der Waals surface area (Å²) >= 11 is 0. The van der Waals surface area contributed by atoms with Crippen molar-refractivity contribution < 1.29 is 9.90 Å². The van der Waals surface area contributed by atoms with Crippen molar-refractivity contribution in [3.05, 3.63) is 0 Å². The summed E-state index contributed by atoms with van der Waals surface area (Å²) in [7, 11) is 0. The van der Waals surface area contributed by atoms with Crippen molar-refractivity contribution in [2.45, 2.75) is 32.8 Å². The molecule has 1 heterocycles. The average Bonchev–Trinajstić information content (AvgIpc) is 2.51. The molecule has 0 radical (unpaired) electrons. The highest BCUT2D eigenvalue weighted by atomic mass is 16.3. The predicted octanol–water partition coefficient (Wildman–Crippen LogP) is 0.809. The van der Waals surface area contributed by atoms with Crippen molar-refractivity contribution in [1.82, 2.24) is 10.2 Å². The standard InChI is InChI=1S/C10H20N2O2/c1-4-11-9(13)12-6-5-8(7-12)10(2,3)14/h8,14H,4-7H2,1-3H3,(H,11,13). The molecule has 14 heavy (non-hydrogen) atoms. The zero-order valence-corrected chi connectivity index (χ0v) is 9.21. The number of nitrogens with one attached hydrogen (secondary N) is 1. The number of amides is 2. The number of nitrogens with zero attached hydrogens (tertiary/aromatic N) is 1. The van der Waals surface area contributed by atoms with Crippen LogP contribution in [0.15, 0.2) is 0 Å². The van der Waals surface area contributed by atoms with Crippen LogP contribution < -0.4 is 5.32 Å². The van der Waals surface area contributed by atoms with Crippen molar-refractivity contribution in [1.29, 1.82) is 0 Å². The Kier molecular flexibility index (Phi) is 3.37. The van der Waals surface area contributed by atoms with Gasteiger partial charge in [0.25, 0.3) is 0 Å². The Morgan fingerprint density at radius 1 is 1.64 bits per heavy atom. The summed E-state index contributed by atoms with van der Waals surface area (Å²) in [6.45, 7) is 7.58. The molecule has 82 valence electrons. The van der Waals surface area contributed by atoms with Crippen LogP contribution in [0.4, 0.5) is 4.79 Å². The molecule has 1 unspecified atom stereocenters. The number of carbonyl (C=O) groups is 1. The van der Waals surface area contributed by atoms with Gasteiger partial charge in [0.15, 0.2) is 0 Å². The highest BCUT2D eigenvalue weighted by Crippen LogP contribution is 2.26. The number of rotatable bonds is 2. The maximum absolute atomic E-state index is 11.5. The molecule has 1 atom stereocenters. The summed E-state index contributed by atoms with van der Waals surface area (Å²) in [6.07, 6.45) is 0.890. The molecule has 4 nitrogen and oxygen atoms in total. The van der Waals surface area contributed by atoms with Crippen LogP contribution in [0, 0.1) is 5.92 Å². The topological polar surface area (TPSA) is 52.6 Å². The van der Waals surface area contributed by atoms with Gasteiger partial charge in [0.05, 0.1) is 5.60 Å². The van der Waals surface area contributed by atoms with Gasteiger partial charge in [0.2, 0.25) is 0 Å². The second kappa shape index (κ2) is 4.17. The SMILES string of the molecule is CCNC(=O)N1CCC(C(C)(C)O)C1. The molecule has 0 saturated carbocycles. The lowest BCUT2D eigenvalue weighted by atomic mass is 9.91. The quantitative estimate of drug-likeness (QED) is 0.693. The first kappa shape index (κ1) is 11.3. The second-order valence-corrected chi connectivity index (χ2v) is 4.42. The largest absolute Gasteiger partial charge is 0.390 e. The van der Waals surface area contributed by atoms with Gasteiger partial charge in [-0.15, -0.1) is 0 Å². The van der Waals surface area contributed by atoms with E-state index in [2.05, 4.69) is 5.32 Å². The van der Waals surface area contributed by atoms with E-state index in [-0.39, 0.29) is 11.9 Å². The van der Waals surface area contributed by atoms with Crippen LogP contribution in [-0.2, 0) is 0 Å². The lowest BCUT2D eigenvalue weighted by molar-refractivity contribution is 0.0225. The van der Waals surface area contributed by atoms with Crippen LogP contribution in [0.1, 0.15) is 27.2 Å². The van der Waals surface area contributed by atoms with Gasteiger partial charge < -0.3 is 15.3 Å². The molecule has 1 aliphatic heterocycles. The Morgan fingerprint density at radius 3 is 2.71 bits per heavy atom. The van der Waals surface area contributed by atoms with Gasteiger partial charge in [-0.05, 0) is 27.2 Å². The van der Waals surface area contributed by atoms with Gasteiger partial charge in [-0.25, -0.2) is 4.79 Å². The summed E-state index contributed by atoms with van der Waals surface area (Å²) in [4.78, 5) is 13.2. The fourth-order valence-corrected chi connectivity index (χ4v) is 1.78. The number of hydrogen-bond acceptors (Lipinski definition) is 2. The minimum Gasteiger partial charge on any atom is -0.390 e. The highest BCUT2D eigenvalue weighted by Gasteiger charge is 2.35. The lowest BCUT2D eigenvalue weighted by Gasteiger charge is -2.25. The minimum atomic E-state index is -0.679. The van der Waals surface area contributed by atoms with Gasteiger partial charge in [-0.2, -0.15) is 0 Å². The van der Waals surface area contributed by atoms with Crippen molar-refractivity contribution in [2.24, 2.45) is 5.92 Å². The molecular formula is C10H20N2O2. The highest BCUT2D eigenvalue weighted by molar-refractivity contribution is 5.74. The van der Waals surface area contributed by atoms with E-state index >= 15 is 0 Å². The fraction of sp³-hybridized carbons (Fsp3) is 0.900. The van der Waals surface area contributed by atoms with Crippen molar-refractivity contribution in [2.75, 3.05) is 19.6 Å². The first-order chi connectivity index (χ1) is 6.45. The van der Waals surface area contributed by atoms with E-state index in [4.69, 9.17) is 0 Å². The fourth-order valence-electron chi connectivity index (χ4n) is 1.78. The van der Waals surface area contributed by atoms with Crippen LogP contribution in [0.5, 0.6) is 0 Å². The van der Waals surface area contributed by atoms with Crippen LogP contribution in [-0.4, -0.2) is 41.3 Å². The molecule has 0 aliphatic carbocycles. The number of hydrogen-bond donors (Lipinski definition) is 2. The smallest absolute Gasteiger partial charge is 0.317 e. The molecule has 4 heteroatoms. The molecule has 0 bridgehead atoms. The van der Waals surface area contributed by atoms with Crippen LogP contribution in [0.2, 0.25) is 0 Å². The van der Waals surface area contributed by atoms with E-state index in [0.29, 0.717) is 13.1 Å². The molecule has 2 amide bonds. The summed E-state index contributed by atoms with van der Waals surface area (Å²) in [5, 5.41) is 12.6. The number of urea groups is 1.